The highest BCUT2D eigenvalue weighted by molar-refractivity contribution is 9.10. The van der Waals surface area contributed by atoms with E-state index in [1.165, 1.54) is 0 Å². The first kappa shape index (κ1) is 17.1. The number of hydrogen-bond donors (Lipinski definition) is 1. The van der Waals surface area contributed by atoms with Crippen molar-refractivity contribution in [3.63, 3.8) is 0 Å². The fourth-order valence-corrected chi connectivity index (χ4v) is 2.59. The van der Waals surface area contributed by atoms with Gasteiger partial charge in [-0.1, -0.05) is 30.1 Å². The molecule has 0 radical (unpaired) electrons. The van der Waals surface area contributed by atoms with E-state index in [1.807, 2.05) is 6.92 Å². The number of hydrogen-bond acceptors (Lipinski definition) is 2. The van der Waals surface area contributed by atoms with Gasteiger partial charge in [0.1, 0.15) is 5.75 Å². The summed E-state index contributed by atoms with van der Waals surface area (Å²) in [5.41, 5.74) is 0.966. The number of anilines is 1. The molecule has 0 aromatic heterocycles. The zero-order chi connectivity index (χ0) is 16.1. The predicted molar refractivity (Wildman–Crippen MR) is 94.3 cm³/mol. The van der Waals surface area contributed by atoms with Crippen LogP contribution in [0.2, 0.25) is 10.0 Å². The molecule has 0 spiro atoms. The van der Waals surface area contributed by atoms with Crippen molar-refractivity contribution in [1.29, 1.82) is 0 Å². The minimum absolute atomic E-state index is 0.271. The first-order valence-corrected chi connectivity index (χ1v) is 8.25. The van der Waals surface area contributed by atoms with E-state index in [-0.39, 0.29) is 5.91 Å². The Bertz CT molecular complexity index is 692. The van der Waals surface area contributed by atoms with Crippen LogP contribution in [0, 0.1) is 0 Å². The average Bonchev–Trinajstić information content (AvgIpc) is 2.49. The number of amides is 1. The van der Waals surface area contributed by atoms with Crippen LogP contribution in [0.15, 0.2) is 40.9 Å². The Morgan fingerprint density at radius 3 is 2.68 bits per heavy atom. The fourth-order valence-electron chi connectivity index (χ4n) is 1.76. The van der Waals surface area contributed by atoms with Crippen molar-refractivity contribution in [3.05, 3.63) is 56.5 Å². The van der Waals surface area contributed by atoms with Crippen molar-refractivity contribution < 1.29 is 9.53 Å². The summed E-state index contributed by atoms with van der Waals surface area (Å²) in [6.45, 7) is 2.66. The van der Waals surface area contributed by atoms with Crippen molar-refractivity contribution in [3.8, 4) is 5.75 Å². The molecule has 2 aromatic rings. The number of ether oxygens (including phenoxy) is 1. The van der Waals surface area contributed by atoms with Gasteiger partial charge in [-0.2, -0.15) is 0 Å². The van der Waals surface area contributed by atoms with E-state index in [0.717, 1.165) is 10.9 Å². The highest BCUT2D eigenvalue weighted by atomic mass is 79.9. The molecule has 2 aromatic carbocycles. The molecule has 0 atom stereocenters. The van der Waals surface area contributed by atoms with Crippen LogP contribution in [0.3, 0.4) is 0 Å². The largest absolute Gasteiger partial charge is 0.492 e. The van der Waals surface area contributed by atoms with Gasteiger partial charge in [0.15, 0.2) is 0 Å². The topological polar surface area (TPSA) is 38.3 Å². The van der Waals surface area contributed by atoms with Gasteiger partial charge in [-0.3, -0.25) is 4.79 Å². The average molecular weight is 403 g/mol. The van der Waals surface area contributed by atoms with Gasteiger partial charge in [0.05, 0.1) is 21.8 Å². The van der Waals surface area contributed by atoms with Crippen LogP contribution in [-0.4, -0.2) is 12.5 Å². The Hall–Kier alpha value is -1.23. The number of benzene rings is 2. The van der Waals surface area contributed by atoms with E-state index in [9.17, 15) is 4.79 Å². The van der Waals surface area contributed by atoms with Crippen LogP contribution in [0.5, 0.6) is 5.75 Å². The molecular weight excluding hydrogens is 389 g/mol. The summed E-state index contributed by atoms with van der Waals surface area (Å²) in [7, 11) is 0. The maximum Gasteiger partial charge on any atom is 0.255 e. The summed E-state index contributed by atoms with van der Waals surface area (Å²) in [6, 6.07) is 10.1. The lowest BCUT2D eigenvalue weighted by Crippen LogP contribution is -2.12. The van der Waals surface area contributed by atoms with Crippen molar-refractivity contribution in [1.82, 2.24) is 0 Å². The van der Waals surface area contributed by atoms with E-state index in [4.69, 9.17) is 27.9 Å². The van der Waals surface area contributed by atoms with Crippen LogP contribution in [0.1, 0.15) is 23.7 Å². The number of carbonyl (C=O) groups is 1. The molecule has 0 aliphatic rings. The van der Waals surface area contributed by atoms with Gasteiger partial charge in [0.2, 0.25) is 0 Å². The SMILES string of the molecule is CCCOc1ccc(C(=O)Nc2cc(Cl)ccc2Cl)cc1Br. The fraction of sp³-hybridized carbons (Fsp3) is 0.188. The molecule has 3 nitrogen and oxygen atoms in total. The molecular formula is C16H14BrCl2NO2. The third kappa shape index (κ3) is 4.38. The van der Waals surface area contributed by atoms with E-state index in [2.05, 4.69) is 21.2 Å². The Kier molecular flexibility index (Phi) is 6.12. The molecule has 6 heteroatoms. The second-order valence-corrected chi connectivity index (χ2v) is 6.27. The smallest absolute Gasteiger partial charge is 0.255 e. The number of nitrogens with one attached hydrogen (secondary N) is 1. The molecule has 0 aliphatic carbocycles. The number of halogens is 3. The molecule has 0 saturated carbocycles. The lowest BCUT2D eigenvalue weighted by molar-refractivity contribution is 0.102. The highest BCUT2D eigenvalue weighted by Crippen LogP contribution is 2.28. The van der Waals surface area contributed by atoms with Crippen molar-refractivity contribution in [2.24, 2.45) is 0 Å². The van der Waals surface area contributed by atoms with Crippen LogP contribution < -0.4 is 10.1 Å². The van der Waals surface area contributed by atoms with Crippen molar-refractivity contribution in [2.45, 2.75) is 13.3 Å². The first-order chi connectivity index (χ1) is 10.5. The maximum atomic E-state index is 12.3. The highest BCUT2D eigenvalue weighted by Gasteiger charge is 2.11. The quantitative estimate of drug-likeness (QED) is 0.686. The standard InChI is InChI=1S/C16H14BrCl2NO2/c1-2-7-22-15-6-3-10(8-12(15)17)16(21)20-14-9-11(18)4-5-13(14)19/h3-6,8-9H,2,7H2,1H3,(H,20,21). The van der Waals surface area contributed by atoms with Crippen LogP contribution in [0.25, 0.3) is 0 Å². The van der Waals surface area contributed by atoms with Crippen LogP contribution in [-0.2, 0) is 0 Å². The Labute approximate surface area is 147 Å². The lowest BCUT2D eigenvalue weighted by Gasteiger charge is -2.10. The third-order valence-corrected chi connectivity index (χ3v) is 4.02. The monoisotopic (exact) mass is 401 g/mol. The molecule has 0 heterocycles. The van der Waals surface area contributed by atoms with Gasteiger partial charge in [0.25, 0.3) is 5.91 Å². The van der Waals surface area contributed by atoms with Gasteiger partial charge in [-0.15, -0.1) is 0 Å². The van der Waals surface area contributed by atoms with Gasteiger partial charge >= 0.3 is 0 Å². The van der Waals surface area contributed by atoms with E-state index in [0.29, 0.717) is 33.7 Å². The summed E-state index contributed by atoms with van der Waals surface area (Å²) in [6.07, 6.45) is 0.919. The van der Waals surface area contributed by atoms with Gasteiger partial charge in [-0.25, -0.2) is 0 Å². The summed E-state index contributed by atoms with van der Waals surface area (Å²) >= 11 is 15.4. The second-order valence-electron chi connectivity index (χ2n) is 4.57. The van der Waals surface area contributed by atoms with E-state index in [1.54, 1.807) is 36.4 Å². The summed E-state index contributed by atoms with van der Waals surface area (Å²) in [4.78, 5) is 12.3. The summed E-state index contributed by atoms with van der Waals surface area (Å²) in [5, 5.41) is 3.67. The minimum atomic E-state index is -0.271. The molecule has 1 amide bonds. The van der Waals surface area contributed by atoms with Crippen molar-refractivity contribution >= 4 is 50.7 Å². The summed E-state index contributed by atoms with van der Waals surface area (Å²) < 4.78 is 6.28. The van der Waals surface area contributed by atoms with Gasteiger partial charge in [0, 0.05) is 10.6 Å². The zero-order valence-electron chi connectivity index (χ0n) is 11.8. The van der Waals surface area contributed by atoms with E-state index < -0.39 is 0 Å². The molecule has 0 aliphatic heterocycles. The van der Waals surface area contributed by atoms with E-state index >= 15 is 0 Å². The number of carbonyl (C=O) groups excluding carboxylic acids is 1. The van der Waals surface area contributed by atoms with Gasteiger partial charge in [-0.05, 0) is 58.7 Å². The molecule has 0 saturated heterocycles. The maximum absolute atomic E-state index is 12.3. The molecule has 116 valence electrons. The Morgan fingerprint density at radius 2 is 2.00 bits per heavy atom. The number of rotatable bonds is 5. The second kappa shape index (κ2) is 7.86. The predicted octanol–water partition coefficient (Wildman–Crippen LogP) is 5.80. The molecule has 1 N–H and O–H groups in total. The molecule has 22 heavy (non-hydrogen) atoms. The molecule has 0 fully saturated rings. The van der Waals surface area contributed by atoms with Crippen molar-refractivity contribution in [2.75, 3.05) is 11.9 Å². The molecule has 0 unspecified atom stereocenters. The Morgan fingerprint density at radius 1 is 1.23 bits per heavy atom. The minimum Gasteiger partial charge on any atom is -0.492 e. The lowest BCUT2D eigenvalue weighted by atomic mass is 10.2. The molecule has 2 rings (SSSR count). The van der Waals surface area contributed by atoms with Gasteiger partial charge < -0.3 is 10.1 Å². The molecule has 0 bridgehead atoms. The Balaban J connectivity index is 2.16. The third-order valence-electron chi connectivity index (χ3n) is 2.83. The zero-order valence-corrected chi connectivity index (χ0v) is 14.9. The van der Waals surface area contributed by atoms with Crippen LogP contribution in [0.4, 0.5) is 5.69 Å². The summed E-state index contributed by atoms with van der Waals surface area (Å²) in [5.74, 6) is 0.436. The van der Waals surface area contributed by atoms with Crippen LogP contribution >= 0.6 is 39.1 Å². The first-order valence-electron chi connectivity index (χ1n) is 6.70. The normalized spacial score (nSPS) is 10.4.